The Morgan fingerprint density at radius 3 is 2.73 bits per heavy atom. The number of hydrogen-bond acceptors (Lipinski definition) is 4. The van der Waals surface area contributed by atoms with Gasteiger partial charge in [0.2, 0.25) is 0 Å². The first-order chi connectivity index (χ1) is 12.6. The Labute approximate surface area is 158 Å². The zero-order chi connectivity index (χ0) is 18.5. The molecule has 2 aromatic carbocycles. The highest BCUT2D eigenvalue weighted by Crippen LogP contribution is 2.13. The van der Waals surface area contributed by atoms with Gasteiger partial charge < -0.3 is 0 Å². The van der Waals surface area contributed by atoms with Crippen LogP contribution in [-0.2, 0) is 6.54 Å². The van der Waals surface area contributed by atoms with Crippen LogP contribution in [0.3, 0.4) is 0 Å². The zero-order valence-electron chi connectivity index (χ0n) is 14.1. The lowest BCUT2D eigenvalue weighted by Gasteiger charge is -2.09. The highest BCUT2D eigenvalue weighted by atomic mass is 79.9. The summed E-state index contributed by atoms with van der Waals surface area (Å²) in [6, 6.07) is 14.5. The van der Waals surface area contributed by atoms with Crippen LogP contribution in [0.2, 0.25) is 0 Å². The zero-order valence-corrected chi connectivity index (χ0v) is 15.7. The minimum absolute atomic E-state index is 0.181. The fourth-order valence-corrected chi connectivity index (χ4v) is 2.99. The van der Waals surface area contributed by atoms with Crippen LogP contribution in [0.25, 0.3) is 10.8 Å². The summed E-state index contributed by atoms with van der Waals surface area (Å²) < 4.78 is 2.25. The van der Waals surface area contributed by atoms with Crippen LogP contribution in [0.15, 0.2) is 62.9 Å². The number of benzene rings is 2. The molecule has 1 aromatic heterocycles. The number of carbonyl (C=O) groups is 1. The molecule has 0 aliphatic rings. The number of nitrogens with zero attached hydrogens (tertiary/aromatic N) is 3. The molecule has 3 rings (SSSR count). The molecular weight excluding hydrogens is 396 g/mol. The first-order valence-electron chi connectivity index (χ1n) is 8.19. The van der Waals surface area contributed by atoms with E-state index in [-0.39, 0.29) is 11.3 Å². The van der Waals surface area contributed by atoms with Crippen molar-refractivity contribution in [3.05, 3.63) is 74.6 Å². The van der Waals surface area contributed by atoms with E-state index in [2.05, 4.69) is 31.6 Å². The van der Waals surface area contributed by atoms with Gasteiger partial charge in [-0.3, -0.25) is 9.59 Å². The van der Waals surface area contributed by atoms with E-state index in [1.165, 1.54) is 4.68 Å². The van der Waals surface area contributed by atoms with Crippen molar-refractivity contribution in [2.24, 2.45) is 5.10 Å². The van der Waals surface area contributed by atoms with Gasteiger partial charge in [-0.2, -0.15) is 10.2 Å². The van der Waals surface area contributed by atoms with Crippen molar-refractivity contribution >= 4 is 38.8 Å². The van der Waals surface area contributed by atoms with Gasteiger partial charge in [0.25, 0.3) is 11.5 Å². The van der Waals surface area contributed by atoms with Crippen molar-refractivity contribution in [2.45, 2.75) is 19.9 Å². The lowest BCUT2D eigenvalue weighted by molar-refractivity contribution is 0.0949. The number of halogens is 1. The monoisotopic (exact) mass is 412 g/mol. The van der Waals surface area contributed by atoms with Crippen LogP contribution >= 0.6 is 15.9 Å². The third-order valence-electron chi connectivity index (χ3n) is 3.75. The van der Waals surface area contributed by atoms with Crippen molar-refractivity contribution in [3.63, 3.8) is 0 Å². The van der Waals surface area contributed by atoms with E-state index in [0.29, 0.717) is 17.3 Å². The molecule has 0 aliphatic heterocycles. The third-order valence-corrected chi connectivity index (χ3v) is 4.24. The standard InChI is InChI=1S/C19H17BrN4O2/c1-2-10-24-19(26)16-9-4-3-8-15(16)17(23-24)18(25)22-21-12-13-6-5-7-14(20)11-13/h3-9,11-12H,2,10H2,1H3,(H,22,25)/b21-12-. The molecule has 0 saturated carbocycles. The minimum Gasteiger partial charge on any atom is -0.267 e. The highest BCUT2D eigenvalue weighted by molar-refractivity contribution is 9.10. The molecule has 1 amide bonds. The van der Waals surface area contributed by atoms with Gasteiger partial charge >= 0.3 is 0 Å². The molecule has 0 aliphatic carbocycles. The van der Waals surface area contributed by atoms with Crippen LogP contribution in [-0.4, -0.2) is 21.9 Å². The summed E-state index contributed by atoms with van der Waals surface area (Å²) in [5.74, 6) is -0.461. The minimum atomic E-state index is -0.461. The Morgan fingerprint density at radius 1 is 1.23 bits per heavy atom. The summed E-state index contributed by atoms with van der Waals surface area (Å²) in [6.45, 7) is 2.40. The average molecular weight is 413 g/mol. The SMILES string of the molecule is CCCn1nc(C(=O)N/N=C\c2cccc(Br)c2)c2ccccc2c1=O. The highest BCUT2D eigenvalue weighted by Gasteiger charge is 2.15. The Kier molecular flexibility index (Phi) is 5.58. The van der Waals surface area contributed by atoms with E-state index in [1.807, 2.05) is 31.2 Å². The number of carbonyl (C=O) groups excluding carboxylic acids is 1. The molecule has 0 saturated heterocycles. The lowest BCUT2D eigenvalue weighted by Crippen LogP contribution is -2.29. The van der Waals surface area contributed by atoms with Crippen molar-refractivity contribution in [1.29, 1.82) is 0 Å². The van der Waals surface area contributed by atoms with Crippen LogP contribution in [0.4, 0.5) is 0 Å². The van der Waals surface area contributed by atoms with Gasteiger partial charge in [0.1, 0.15) is 0 Å². The predicted octanol–water partition coefficient (Wildman–Crippen LogP) is 3.33. The Bertz CT molecular complexity index is 1040. The summed E-state index contributed by atoms with van der Waals surface area (Å²) in [5.41, 5.74) is 3.31. The van der Waals surface area contributed by atoms with Gasteiger partial charge in [-0.1, -0.05) is 53.2 Å². The Balaban J connectivity index is 1.92. The van der Waals surface area contributed by atoms with E-state index in [9.17, 15) is 9.59 Å². The molecule has 26 heavy (non-hydrogen) atoms. The second-order valence-corrected chi connectivity index (χ2v) is 6.59. The summed E-state index contributed by atoms with van der Waals surface area (Å²) >= 11 is 3.38. The molecule has 3 aromatic rings. The first-order valence-corrected chi connectivity index (χ1v) is 8.98. The summed E-state index contributed by atoms with van der Waals surface area (Å²) in [7, 11) is 0. The number of fused-ring (bicyclic) bond motifs is 1. The molecule has 0 spiro atoms. The van der Waals surface area contributed by atoms with Gasteiger partial charge in [0.05, 0.1) is 11.6 Å². The van der Waals surface area contributed by atoms with E-state index >= 15 is 0 Å². The Hall–Kier alpha value is -2.80. The van der Waals surface area contributed by atoms with Crippen LogP contribution in [0.1, 0.15) is 29.4 Å². The van der Waals surface area contributed by atoms with Gasteiger partial charge in [-0.25, -0.2) is 10.1 Å². The largest absolute Gasteiger partial charge is 0.292 e. The Morgan fingerprint density at radius 2 is 2.00 bits per heavy atom. The molecule has 1 N–H and O–H groups in total. The molecule has 0 radical (unpaired) electrons. The number of aryl methyl sites for hydroxylation is 1. The average Bonchev–Trinajstić information content (AvgIpc) is 2.64. The number of nitrogens with one attached hydrogen (secondary N) is 1. The second-order valence-electron chi connectivity index (χ2n) is 5.68. The molecule has 6 nitrogen and oxygen atoms in total. The van der Waals surface area contributed by atoms with Crippen molar-refractivity contribution < 1.29 is 4.79 Å². The number of amides is 1. The van der Waals surface area contributed by atoms with Gasteiger partial charge in [-0.15, -0.1) is 0 Å². The maximum absolute atomic E-state index is 12.6. The topological polar surface area (TPSA) is 76.3 Å². The van der Waals surface area contributed by atoms with Crippen LogP contribution < -0.4 is 11.0 Å². The molecule has 132 valence electrons. The maximum atomic E-state index is 12.6. The lowest BCUT2D eigenvalue weighted by atomic mass is 10.1. The van der Waals surface area contributed by atoms with E-state index in [0.717, 1.165) is 16.5 Å². The summed E-state index contributed by atoms with van der Waals surface area (Å²) in [4.78, 5) is 25.0. The quantitative estimate of drug-likeness (QED) is 0.515. The fourth-order valence-electron chi connectivity index (χ4n) is 2.57. The van der Waals surface area contributed by atoms with Crippen molar-refractivity contribution in [2.75, 3.05) is 0 Å². The molecule has 0 unspecified atom stereocenters. The number of rotatable bonds is 5. The smallest absolute Gasteiger partial charge is 0.267 e. The number of aromatic nitrogens is 2. The van der Waals surface area contributed by atoms with Crippen LogP contribution in [0, 0.1) is 0 Å². The van der Waals surface area contributed by atoms with E-state index in [4.69, 9.17) is 0 Å². The van der Waals surface area contributed by atoms with Gasteiger partial charge in [0.15, 0.2) is 5.69 Å². The van der Waals surface area contributed by atoms with Crippen LogP contribution in [0.5, 0.6) is 0 Å². The molecule has 7 heteroatoms. The molecule has 0 bridgehead atoms. The van der Waals surface area contributed by atoms with E-state index in [1.54, 1.807) is 30.5 Å². The maximum Gasteiger partial charge on any atom is 0.292 e. The second kappa shape index (κ2) is 8.05. The van der Waals surface area contributed by atoms with Gasteiger partial charge in [0, 0.05) is 16.4 Å². The van der Waals surface area contributed by atoms with Crippen molar-refractivity contribution in [1.82, 2.24) is 15.2 Å². The number of hydrazone groups is 1. The van der Waals surface area contributed by atoms with Crippen molar-refractivity contribution in [3.8, 4) is 0 Å². The van der Waals surface area contributed by atoms with Gasteiger partial charge in [-0.05, 0) is 30.2 Å². The normalized spacial score (nSPS) is 11.2. The molecule has 0 atom stereocenters. The summed E-state index contributed by atoms with van der Waals surface area (Å²) in [6.07, 6.45) is 2.29. The molecular formula is C19H17BrN4O2. The number of hydrogen-bond donors (Lipinski definition) is 1. The van der Waals surface area contributed by atoms with E-state index < -0.39 is 5.91 Å². The predicted molar refractivity (Wildman–Crippen MR) is 105 cm³/mol. The summed E-state index contributed by atoms with van der Waals surface area (Å²) in [5, 5.41) is 9.22. The third kappa shape index (κ3) is 3.88. The molecule has 1 heterocycles. The fraction of sp³-hybridized carbons (Fsp3) is 0.158. The first kappa shape index (κ1) is 18.0. The molecule has 0 fully saturated rings.